The van der Waals surface area contributed by atoms with Crippen LogP contribution in [0.4, 0.5) is 5.69 Å². The van der Waals surface area contributed by atoms with Gasteiger partial charge in [-0.2, -0.15) is 8.42 Å². The molecule has 2 N–H and O–H groups in total. The maximum atomic E-state index is 12.1. The third-order valence-electron chi connectivity index (χ3n) is 3.52. The maximum absolute atomic E-state index is 12.1. The van der Waals surface area contributed by atoms with Crippen molar-refractivity contribution in [3.05, 3.63) is 35.4 Å². The van der Waals surface area contributed by atoms with Gasteiger partial charge in [-0.3, -0.25) is 9.35 Å². The van der Waals surface area contributed by atoms with Crippen molar-refractivity contribution in [3.8, 4) is 0 Å². The standard InChI is InChI=1S/C14H17NO4S/c1-9(11-3-4-11)10(2)14(16)15-12-5-7-13(8-6-12)20(17,18)19/h5-8,10H,3-4H2,1-2H3,(H,15,16)(H,17,18,19). The van der Waals surface area contributed by atoms with Gasteiger partial charge in [0.1, 0.15) is 0 Å². The summed E-state index contributed by atoms with van der Waals surface area (Å²) in [5.74, 6) is -0.324. The molecule has 1 aromatic carbocycles. The molecule has 0 aromatic heterocycles. The second-order valence-electron chi connectivity index (χ2n) is 5.00. The number of carbonyl (C=O) groups is 1. The third-order valence-corrected chi connectivity index (χ3v) is 4.39. The molecule has 1 fully saturated rings. The summed E-state index contributed by atoms with van der Waals surface area (Å²) < 4.78 is 30.7. The van der Waals surface area contributed by atoms with Crippen molar-refractivity contribution in [2.45, 2.75) is 31.6 Å². The first-order chi connectivity index (χ1) is 9.29. The molecular formula is C14H17NO4S. The van der Waals surface area contributed by atoms with E-state index in [2.05, 4.69) is 5.32 Å². The van der Waals surface area contributed by atoms with E-state index in [1.54, 1.807) is 0 Å². The van der Waals surface area contributed by atoms with Crippen LogP contribution in [-0.2, 0) is 14.9 Å². The van der Waals surface area contributed by atoms with E-state index in [0.717, 1.165) is 18.4 Å². The first-order valence-electron chi connectivity index (χ1n) is 6.36. The Morgan fingerprint density at radius 3 is 2.25 bits per heavy atom. The fourth-order valence-corrected chi connectivity index (χ4v) is 2.40. The molecule has 6 heteroatoms. The van der Waals surface area contributed by atoms with Crippen molar-refractivity contribution in [1.82, 2.24) is 0 Å². The Balaban J connectivity index is 2.07. The zero-order valence-electron chi connectivity index (χ0n) is 11.4. The zero-order chi connectivity index (χ0) is 14.9. The van der Waals surface area contributed by atoms with Crippen molar-refractivity contribution in [1.29, 1.82) is 0 Å². The van der Waals surface area contributed by atoms with E-state index in [-0.39, 0.29) is 16.7 Å². The van der Waals surface area contributed by atoms with Gasteiger partial charge in [0, 0.05) is 5.69 Å². The highest BCUT2D eigenvalue weighted by atomic mass is 32.2. The molecular weight excluding hydrogens is 278 g/mol. The van der Waals surface area contributed by atoms with Crippen LogP contribution < -0.4 is 5.32 Å². The molecule has 108 valence electrons. The maximum Gasteiger partial charge on any atom is 0.294 e. The smallest absolute Gasteiger partial charge is 0.294 e. The summed E-state index contributed by atoms with van der Waals surface area (Å²) in [6.45, 7) is 3.82. The highest BCUT2D eigenvalue weighted by molar-refractivity contribution is 7.85. The Kier molecular flexibility index (Phi) is 3.96. The fraction of sp³-hybridized carbons (Fsp3) is 0.357. The van der Waals surface area contributed by atoms with Crippen molar-refractivity contribution < 1.29 is 17.8 Å². The van der Waals surface area contributed by atoms with Gasteiger partial charge in [0.05, 0.1) is 10.8 Å². The van der Waals surface area contributed by atoms with E-state index < -0.39 is 10.1 Å². The van der Waals surface area contributed by atoms with E-state index in [1.165, 1.54) is 29.8 Å². The molecule has 0 bridgehead atoms. The van der Waals surface area contributed by atoms with Crippen LogP contribution in [0.15, 0.2) is 40.3 Å². The number of carbonyl (C=O) groups excluding carboxylic acids is 1. The van der Waals surface area contributed by atoms with Gasteiger partial charge >= 0.3 is 0 Å². The van der Waals surface area contributed by atoms with Crippen molar-refractivity contribution in [3.63, 3.8) is 0 Å². The predicted octanol–water partition coefficient (Wildman–Crippen LogP) is 2.62. The molecule has 1 unspecified atom stereocenters. The van der Waals surface area contributed by atoms with Gasteiger partial charge in [-0.25, -0.2) is 0 Å². The van der Waals surface area contributed by atoms with Crippen LogP contribution in [0.5, 0.6) is 0 Å². The minimum Gasteiger partial charge on any atom is -0.326 e. The predicted molar refractivity (Wildman–Crippen MR) is 76.0 cm³/mol. The quantitative estimate of drug-likeness (QED) is 0.660. The average Bonchev–Trinajstić information content (AvgIpc) is 3.20. The summed E-state index contributed by atoms with van der Waals surface area (Å²) in [4.78, 5) is 11.9. The second kappa shape index (κ2) is 5.38. The van der Waals surface area contributed by atoms with Gasteiger partial charge in [-0.15, -0.1) is 0 Å². The first-order valence-corrected chi connectivity index (χ1v) is 7.80. The molecule has 0 radical (unpaired) electrons. The van der Waals surface area contributed by atoms with Gasteiger partial charge in [0.15, 0.2) is 0 Å². The summed E-state index contributed by atoms with van der Waals surface area (Å²) in [6.07, 6.45) is 2.15. The van der Waals surface area contributed by atoms with Gasteiger partial charge in [-0.05, 0) is 51.0 Å². The van der Waals surface area contributed by atoms with Gasteiger partial charge in [-0.1, -0.05) is 11.1 Å². The molecule has 0 spiro atoms. The van der Waals surface area contributed by atoms with Crippen LogP contribution in [0, 0.1) is 5.92 Å². The van der Waals surface area contributed by atoms with Crippen LogP contribution >= 0.6 is 0 Å². The Bertz CT molecular complexity index is 653. The van der Waals surface area contributed by atoms with Gasteiger partial charge < -0.3 is 5.32 Å². The minimum atomic E-state index is -4.20. The summed E-state index contributed by atoms with van der Waals surface area (Å²) in [5, 5.41) is 2.73. The number of benzene rings is 1. The molecule has 2 rings (SSSR count). The number of hydrogen-bond donors (Lipinski definition) is 2. The summed E-state index contributed by atoms with van der Waals surface area (Å²) in [5.41, 5.74) is 2.95. The molecule has 1 atom stereocenters. The average molecular weight is 295 g/mol. The Morgan fingerprint density at radius 2 is 1.80 bits per heavy atom. The number of rotatable bonds is 4. The number of nitrogens with one attached hydrogen (secondary N) is 1. The first kappa shape index (κ1) is 14.7. The molecule has 1 aliphatic carbocycles. The van der Waals surface area contributed by atoms with E-state index >= 15 is 0 Å². The third kappa shape index (κ3) is 3.46. The van der Waals surface area contributed by atoms with Crippen LogP contribution in [0.2, 0.25) is 0 Å². The van der Waals surface area contributed by atoms with Crippen LogP contribution in [0.3, 0.4) is 0 Å². The lowest BCUT2D eigenvalue weighted by molar-refractivity contribution is -0.118. The summed E-state index contributed by atoms with van der Waals surface area (Å²) in [7, 11) is -4.20. The molecule has 0 saturated heterocycles. The highest BCUT2D eigenvalue weighted by Crippen LogP contribution is 2.34. The van der Waals surface area contributed by atoms with E-state index in [0.29, 0.717) is 5.69 Å². The number of hydrogen-bond acceptors (Lipinski definition) is 3. The lowest BCUT2D eigenvalue weighted by Gasteiger charge is -2.13. The number of amides is 1. The molecule has 5 nitrogen and oxygen atoms in total. The normalized spacial score (nSPS) is 15.7. The van der Waals surface area contributed by atoms with E-state index in [1.807, 2.05) is 13.8 Å². The van der Waals surface area contributed by atoms with Crippen LogP contribution in [-0.4, -0.2) is 18.9 Å². The molecule has 1 aromatic rings. The fourth-order valence-electron chi connectivity index (χ4n) is 1.92. The molecule has 0 heterocycles. The lowest BCUT2D eigenvalue weighted by Crippen LogP contribution is -2.21. The topological polar surface area (TPSA) is 83.5 Å². The number of allylic oxidation sites excluding steroid dienone is 1. The largest absolute Gasteiger partial charge is 0.326 e. The molecule has 1 saturated carbocycles. The molecule has 1 amide bonds. The highest BCUT2D eigenvalue weighted by Gasteiger charge is 2.23. The zero-order valence-corrected chi connectivity index (χ0v) is 12.2. The van der Waals surface area contributed by atoms with Gasteiger partial charge in [0.2, 0.25) is 5.91 Å². The summed E-state index contributed by atoms with van der Waals surface area (Å²) in [6, 6.07) is 5.41. The Hall–Kier alpha value is -1.66. The summed E-state index contributed by atoms with van der Waals surface area (Å²) >= 11 is 0. The van der Waals surface area contributed by atoms with E-state index in [9.17, 15) is 13.2 Å². The van der Waals surface area contributed by atoms with Crippen molar-refractivity contribution >= 4 is 21.7 Å². The van der Waals surface area contributed by atoms with Crippen molar-refractivity contribution in [2.24, 2.45) is 5.92 Å². The molecule has 1 aliphatic rings. The molecule has 0 aliphatic heterocycles. The van der Waals surface area contributed by atoms with Crippen LogP contribution in [0.25, 0.3) is 0 Å². The monoisotopic (exact) mass is 295 g/mol. The van der Waals surface area contributed by atoms with E-state index in [4.69, 9.17) is 4.55 Å². The van der Waals surface area contributed by atoms with Crippen molar-refractivity contribution in [2.75, 3.05) is 5.32 Å². The lowest BCUT2D eigenvalue weighted by atomic mass is 10.0. The minimum absolute atomic E-state index is 0.124. The second-order valence-corrected chi connectivity index (χ2v) is 6.42. The number of anilines is 1. The Labute approximate surface area is 118 Å². The van der Waals surface area contributed by atoms with Crippen LogP contribution in [0.1, 0.15) is 26.7 Å². The van der Waals surface area contributed by atoms with Gasteiger partial charge in [0.25, 0.3) is 10.1 Å². The SMILES string of the molecule is CC(=C1CC1)C(C)C(=O)Nc1ccc(S(=O)(=O)O)cc1. The molecule has 20 heavy (non-hydrogen) atoms. The Morgan fingerprint density at radius 1 is 1.25 bits per heavy atom.